The number of hydrogen-bond donors (Lipinski definition) is 0. The molecule has 1 saturated carbocycles. The number of aromatic nitrogens is 3. The Bertz CT molecular complexity index is 652. The van der Waals surface area contributed by atoms with Gasteiger partial charge in [-0.3, -0.25) is 0 Å². The fourth-order valence-corrected chi connectivity index (χ4v) is 3.10. The van der Waals surface area contributed by atoms with Gasteiger partial charge in [-0.05, 0) is 25.2 Å². The van der Waals surface area contributed by atoms with Crippen LogP contribution in [-0.2, 0) is 0 Å². The Hall–Kier alpha value is -2.09. The van der Waals surface area contributed by atoms with Gasteiger partial charge in [-0.1, -0.05) is 0 Å². The molecule has 1 aliphatic rings. The Balaban J connectivity index is 1.94. The van der Waals surface area contributed by atoms with Gasteiger partial charge in [0.2, 0.25) is 0 Å². The highest BCUT2D eigenvalue weighted by Gasteiger charge is 2.27. The maximum Gasteiger partial charge on any atom is 0.157 e. The van der Waals surface area contributed by atoms with E-state index in [1.807, 2.05) is 24.7 Å². The molecule has 0 aromatic carbocycles. The zero-order chi connectivity index (χ0) is 14.1. The molecule has 0 spiro atoms. The number of nitrogens with zero attached hydrogens (tertiary/aromatic N) is 5. The van der Waals surface area contributed by atoms with Crippen molar-refractivity contribution in [1.82, 2.24) is 14.6 Å². The molecule has 2 heterocycles. The lowest BCUT2D eigenvalue weighted by Gasteiger charge is -2.17. The topological polar surface area (TPSA) is 57.2 Å². The summed E-state index contributed by atoms with van der Waals surface area (Å²) in [6.45, 7) is 0. The highest BCUT2D eigenvalue weighted by molar-refractivity contribution is 5.50. The van der Waals surface area contributed by atoms with E-state index in [4.69, 9.17) is 10.2 Å². The van der Waals surface area contributed by atoms with E-state index in [-0.39, 0.29) is 0 Å². The van der Waals surface area contributed by atoms with Crippen LogP contribution in [0, 0.1) is 17.2 Å². The van der Waals surface area contributed by atoms with Crippen LogP contribution in [0.1, 0.15) is 37.3 Å². The highest BCUT2D eigenvalue weighted by Crippen LogP contribution is 2.39. The summed E-state index contributed by atoms with van der Waals surface area (Å²) in [5.41, 5.74) is 2.04. The first-order valence-electron chi connectivity index (χ1n) is 7.08. The van der Waals surface area contributed by atoms with Gasteiger partial charge >= 0.3 is 0 Å². The van der Waals surface area contributed by atoms with E-state index in [1.165, 1.54) is 0 Å². The normalized spacial score (nSPS) is 22.1. The first kappa shape index (κ1) is 12.9. The zero-order valence-corrected chi connectivity index (χ0v) is 12.0. The number of anilines is 1. The Morgan fingerprint density at radius 2 is 2.30 bits per heavy atom. The number of rotatable bonds is 3. The average Bonchev–Trinajstić information content (AvgIpc) is 3.05. The Labute approximate surface area is 118 Å². The van der Waals surface area contributed by atoms with Crippen molar-refractivity contribution in [3.8, 4) is 6.07 Å². The van der Waals surface area contributed by atoms with Crippen molar-refractivity contribution < 1.29 is 0 Å². The summed E-state index contributed by atoms with van der Waals surface area (Å²) >= 11 is 0. The van der Waals surface area contributed by atoms with Gasteiger partial charge in [0.05, 0.1) is 12.3 Å². The van der Waals surface area contributed by atoms with E-state index >= 15 is 0 Å². The fourth-order valence-electron chi connectivity index (χ4n) is 3.10. The SMILES string of the molecule is CN(C)c1cc(C2CCC(CC#N)C2)nc2ccnn12. The molecule has 20 heavy (non-hydrogen) atoms. The second-order valence-electron chi connectivity index (χ2n) is 5.77. The molecular weight excluding hydrogens is 250 g/mol. The van der Waals surface area contributed by atoms with E-state index in [0.29, 0.717) is 18.3 Å². The van der Waals surface area contributed by atoms with E-state index in [9.17, 15) is 0 Å². The molecule has 0 aliphatic heterocycles. The molecule has 1 aliphatic carbocycles. The van der Waals surface area contributed by atoms with Crippen LogP contribution in [0.15, 0.2) is 18.3 Å². The van der Waals surface area contributed by atoms with Crippen molar-refractivity contribution in [2.75, 3.05) is 19.0 Å². The third-order valence-electron chi connectivity index (χ3n) is 4.16. The van der Waals surface area contributed by atoms with Gasteiger partial charge in [-0.2, -0.15) is 14.9 Å². The molecule has 5 nitrogen and oxygen atoms in total. The Morgan fingerprint density at radius 3 is 3.05 bits per heavy atom. The van der Waals surface area contributed by atoms with Gasteiger partial charge in [-0.15, -0.1) is 0 Å². The summed E-state index contributed by atoms with van der Waals surface area (Å²) in [5, 5.41) is 13.2. The zero-order valence-electron chi connectivity index (χ0n) is 12.0. The predicted octanol–water partition coefficient (Wildman–Crippen LogP) is 2.59. The summed E-state index contributed by atoms with van der Waals surface area (Å²) in [7, 11) is 4.04. The van der Waals surface area contributed by atoms with Crippen LogP contribution in [0.5, 0.6) is 0 Å². The second kappa shape index (κ2) is 5.12. The van der Waals surface area contributed by atoms with Crippen molar-refractivity contribution in [2.45, 2.75) is 31.6 Å². The number of nitriles is 1. The third kappa shape index (κ3) is 2.22. The van der Waals surface area contributed by atoms with Crippen LogP contribution >= 0.6 is 0 Å². The lowest BCUT2D eigenvalue weighted by molar-refractivity contribution is 0.549. The first-order chi connectivity index (χ1) is 9.69. The molecule has 2 aromatic heterocycles. The summed E-state index contributed by atoms with van der Waals surface area (Å²) in [4.78, 5) is 6.81. The lowest BCUT2D eigenvalue weighted by Crippen LogP contribution is -2.15. The van der Waals surface area contributed by atoms with Gasteiger partial charge < -0.3 is 4.90 Å². The van der Waals surface area contributed by atoms with Crippen molar-refractivity contribution in [3.63, 3.8) is 0 Å². The molecule has 0 amide bonds. The lowest BCUT2D eigenvalue weighted by atomic mass is 9.99. The molecular formula is C15H19N5. The quantitative estimate of drug-likeness (QED) is 0.859. The second-order valence-corrected chi connectivity index (χ2v) is 5.77. The molecule has 3 rings (SSSR count). The van der Waals surface area contributed by atoms with Gasteiger partial charge in [0.15, 0.2) is 5.65 Å². The van der Waals surface area contributed by atoms with Crippen LogP contribution in [0.3, 0.4) is 0 Å². The average molecular weight is 269 g/mol. The van der Waals surface area contributed by atoms with Crippen LogP contribution in [0.2, 0.25) is 0 Å². The van der Waals surface area contributed by atoms with Gasteiger partial charge in [0.25, 0.3) is 0 Å². The third-order valence-corrected chi connectivity index (χ3v) is 4.16. The molecule has 2 atom stereocenters. The van der Waals surface area contributed by atoms with Crippen molar-refractivity contribution >= 4 is 11.5 Å². The van der Waals surface area contributed by atoms with Crippen LogP contribution in [0.25, 0.3) is 5.65 Å². The van der Waals surface area contributed by atoms with E-state index in [0.717, 1.165) is 36.4 Å². The van der Waals surface area contributed by atoms with Crippen LogP contribution in [-0.4, -0.2) is 28.7 Å². The van der Waals surface area contributed by atoms with Gasteiger partial charge in [0.1, 0.15) is 5.82 Å². The minimum Gasteiger partial charge on any atom is -0.363 e. The van der Waals surface area contributed by atoms with E-state index in [1.54, 1.807) is 6.20 Å². The number of hydrogen-bond acceptors (Lipinski definition) is 4. The monoisotopic (exact) mass is 269 g/mol. The summed E-state index contributed by atoms with van der Waals surface area (Å²) < 4.78 is 1.87. The molecule has 0 saturated heterocycles. The van der Waals surface area contributed by atoms with Crippen LogP contribution in [0.4, 0.5) is 5.82 Å². The molecule has 2 aromatic rings. The minimum atomic E-state index is 0.479. The maximum absolute atomic E-state index is 8.83. The Kier molecular flexibility index (Phi) is 3.31. The summed E-state index contributed by atoms with van der Waals surface area (Å²) in [6, 6.07) is 6.37. The van der Waals surface area contributed by atoms with E-state index in [2.05, 4.69) is 22.1 Å². The fraction of sp³-hybridized carbons (Fsp3) is 0.533. The number of fused-ring (bicyclic) bond motifs is 1. The maximum atomic E-state index is 8.83. The first-order valence-corrected chi connectivity index (χ1v) is 7.08. The minimum absolute atomic E-state index is 0.479. The smallest absolute Gasteiger partial charge is 0.157 e. The predicted molar refractivity (Wildman–Crippen MR) is 77.6 cm³/mol. The molecule has 104 valence electrons. The molecule has 0 radical (unpaired) electrons. The summed E-state index contributed by atoms with van der Waals surface area (Å²) in [6.07, 6.45) is 5.81. The van der Waals surface area contributed by atoms with E-state index < -0.39 is 0 Å². The van der Waals surface area contributed by atoms with Gasteiger partial charge in [0, 0.05) is 44.3 Å². The Morgan fingerprint density at radius 1 is 1.45 bits per heavy atom. The molecule has 5 heteroatoms. The van der Waals surface area contributed by atoms with Crippen LogP contribution < -0.4 is 4.90 Å². The van der Waals surface area contributed by atoms with Crippen molar-refractivity contribution in [1.29, 1.82) is 5.26 Å². The van der Waals surface area contributed by atoms with Crippen molar-refractivity contribution in [3.05, 3.63) is 24.0 Å². The standard InChI is InChI=1S/C15H19N5/c1-19(2)15-10-13(18-14-6-8-17-20(14)15)12-4-3-11(9-12)5-7-16/h6,8,10-12H,3-5,9H2,1-2H3. The molecule has 0 N–H and O–H groups in total. The molecule has 1 fully saturated rings. The molecule has 0 bridgehead atoms. The van der Waals surface area contributed by atoms with Crippen molar-refractivity contribution in [2.24, 2.45) is 5.92 Å². The largest absolute Gasteiger partial charge is 0.363 e. The van der Waals surface area contributed by atoms with Gasteiger partial charge in [-0.25, -0.2) is 4.98 Å². The molecule has 2 unspecified atom stereocenters. The highest BCUT2D eigenvalue weighted by atomic mass is 15.3. The summed E-state index contributed by atoms with van der Waals surface area (Å²) in [5.74, 6) is 2.07.